The number of carbonyl (C=O) groups excluding carboxylic acids is 2. The van der Waals surface area contributed by atoms with Crippen LogP contribution in [0.25, 0.3) is 0 Å². The van der Waals surface area contributed by atoms with Gasteiger partial charge in [0.2, 0.25) is 5.91 Å². The molecule has 0 saturated heterocycles. The Kier molecular flexibility index (Phi) is 6.38. The molecule has 0 saturated carbocycles. The predicted octanol–water partition coefficient (Wildman–Crippen LogP) is 4.65. The number of hydrogen-bond acceptors (Lipinski definition) is 3. The minimum Gasteiger partial charge on any atom is -0.494 e. The van der Waals surface area contributed by atoms with Crippen LogP contribution in [0.3, 0.4) is 0 Å². The summed E-state index contributed by atoms with van der Waals surface area (Å²) >= 11 is 6.03. The summed E-state index contributed by atoms with van der Waals surface area (Å²) in [6.07, 6.45) is 0.956. The first-order valence-corrected chi connectivity index (χ1v) is 8.14. The van der Waals surface area contributed by atoms with Gasteiger partial charge in [0.15, 0.2) is 5.78 Å². The second-order valence-corrected chi connectivity index (χ2v) is 5.90. The van der Waals surface area contributed by atoms with Crippen molar-refractivity contribution in [2.45, 2.75) is 26.7 Å². The molecule has 2 rings (SSSR count). The third-order valence-corrected chi connectivity index (χ3v) is 4.03. The van der Waals surface area contributed by atoms with Crippen LogP contribution in [0.15, 0.2) is 42.5 Å². The molecule has 1 amide bonds. The molecule has 0 radical (unpaired) electrons. The summed E-state index contributed by atoms with van der Waals surface area (Å²) in [6.45, 7) is 3.82. The average Bonchev–Trinajstić information content (AvgIpc) is 2.56. The fraction of sp³-hybridized carbons (Fsp3) is 0.263. The van der Waals surface area contributed by atoms with Crippen LogP contribution < -0.4 is 10.1 Å². The fourth-order valence-corrected chi connectivity index (χ4v) is 2.34. The molecule has 24 heavy (non-hydrogen) atoms. The first kappa shape index (κ1) is 18.0. The molecule has 0 bridgehead atoms. The molecule has 0 atom stereocenters. The van der Waals surface area contributed by atoms with E-state index in [-0.39, 0.29) is 11.7 Å². The molecule has 0 aliphatic rings. The highest BCUT2D eigenvalue weighted by atomic mass is 35.5. The summed E-state index contributed by atoms with van der Waals surface area (Å²) in [5.41, 5.74) is 2.24. The third-order valence-electron chi connectivity index (χ3n) is 3.62. The highest BCUT2D eigenvalue weighted by molar-refractivity contribution is 6.31. The maximum absolute atomic E-state index is 12.0. The largest absolute Gasteiger partial charge is 0.494 e. The number of benzene rings is 2. The molecule has 0 aliphatic carbocycles. The van der Waals surface area contributed by atoms with Crippen LogP contribution in [-0.2, 0) is 4.79 Å². The van der Waals surface area contributed by atoms with Crippen LogP contribution in [0.2, 0.25) is 5.02 Å². The number of Topliss-reactive ketones (excluding diaryl/α,β-unsaturated/α-hetero) is 1. The van der Waals surface area contributed by atoms with Crippen molar-refractivity contribution in [2.24, 2.45) is 0 Å². The van der Waals surface area contributed by atoms with E-state index in [0.29, 0.717) is 35.8 Å². The lowest BCUT2D eigenvalue weighted by Gasteiger charge is -2.10. The zero-order chi connectivity index (χ0) is 17.5. The number of rotatable bonds is 7. The summed E-state index contributed by atoms with van der Waals surface area (Å²) < 4.78 is 5.57. The topological polar surface area (TPSA) is 55.4 Å². The van der Waals surface area contributed by atoms with E-state index in [1.807, 2.05) is 13.0 Å². The van der Waals surface area contributed by atoms with E-state index in [9.17, 15) is 9.59 Å². The Balaban J connectivity index is 1.74. The summed E-state index contributed by atoms with van der Waals surface area (Å²) in [6, 6.07) is 12.4. The van der Waals surface area contributed by atoms with Gasteiger partial charge in [-0.25, -0.2) is 0 Å². The summed E-state index contributed by atoms with van der Waals surface area (Å²) in [5, 5.41) is 3.48. The van der Waals surface area contributed by atoms with E-state index >= 15 is 0 Å². The number of anilines is 1. The number of halogens is 1. The molecule has 1 N–H and O–H groups in total. The van der Waals surface area contributed by atoms with E-state index in [1.54, 1.807) is 36.4 Å². The molecule has 0 aliphatic heterocycles. The van der Waals surface area contributed by atoms with Crippen LogP contribution in [0, 0.1) is 6.92 Å². The monoisotopic (exact) mass is 345 g/mol. The summed E-state index contributed by atoms with van der Waals surface area (Å²) in [5.74, 6) is 0.636. The normalized spacial score (nSPS) is 10.3. The van der Waals surface area contributed by atoms with Gasteiger partial charge in [0.1, 0.15) is 5.75 Å². The van der Waals surface area contributed by atoms with Gasteiger partial charge in [0.25, 0.3) is 0 Å². The zero-order valence-corrected chi connectivity index (χ0v) is 14.5. The highest BCUT2D eigenvalue weighted by Gasteiger charge is 2.07. The van der Waals surface area contributed by atoms with Gasteiger partial charge < -0.3 is 10.1 Å². The van der Waals surface area contributed by atoms with Gasteiger partial charge in [-0.15, -0.1) is 0 Å². The molecule has 0 unspecified atom stereocenters. The van der Waals surface area contributed by atoms with E-state index in [4.69, 9.17) is 16.3 Å². The molecule has 4 nitrogen and oxygen atoms in total. The van der Waals surface area contributed by atoms with Crippen molar-refractivity contribution >= 4 is 29.0 Å². The van der Waals surface area contributed by atoms with Gasteiger partial charge in [-0.2, -0.15) is 0 Å². The molecular weight excluding hydrogens is 326 g/mol. The number of amides is 1. The minimum atomic E-state index is -0.0732. The highest BCUT2D eigenvalue weighted by Crippen LogP contribution is 2.23. The Morgan fingerprint density at radius 3 is 2.50 bits per heavy atom. The number of hydrogen-bond donors (Lipinski definition) is 1. The van der Waals surface area contributed by atoms with Crippen molar-refractivity contribution < 1.29 is 14.3 Å². The van der Waals surface area contributed by atoms with Crippen molar-refractivity contribution in [1.82, 2.24) is 0 Å². The molecular formula is C19H20ClNO3. The first-order chi connectivity index (χ1) is 11.5. The molecule has 0 aromatic heterocycles. The lowest BCUT2D eigenvalue weighted by atomic mass is 10.1. The fourth-order valence-electron chi connectivity index (χ4n) is 2.16. The summed E-state index contributed by atoms with van der Waals surface area (Å²) in [4.78, 5) is 23.2. The Bertz CT molecular complexity index is 726. The van der Waals surface area contributed by atoms with Crippen LogP contribution in [0.5, 0.6) is 5.75 Å². The zero-order valence-electron chi connectivity index (χ0n) is 13.8. The van der Waals surface area contributed by atoms with Crippen molar-refractivity contribution in [3.8, 4) is 5.75 Å². The summed E-state index contributed by atoms with van der Waals surface area (Å²) in [7, 11) is 0. The Labute approximate surface area is 146 Å². The number of carbonyl (C=O) groups is 2. The molecule has 126 valence electrons. The molecule has 0 spiro atoms. The van der Waals surface area contributed by atoms with Gasteiger partial charge in [-0.05, 0) is 62.2 Å². The molecule has 0 fully saturated rings. The Hall–Kier alpha value is -2.33. The lowest BCUT2D eigenvalue weighted by molar-refractivity contribution is -0.116. The van der Waals surface area contributed by atoms with Crippen molar-refractivity contribution in [1.29, 1.82) is 0 Å². The quantitative estimate of drug-likeness (QED) is 0.587. The molecule has 0 heterocycles. The first-order valence-electron chi connectivity index (χ1n) is 7.76. The van der Waals surface area contributed by atoms with Crippen molar-refractivity contribution in [3.05, 3.63) is 58.6 Å². The standard InChI is InChI=1S/C19H20ClNO3/c1-13-17(20)5-3-6-18(13)21-19(23)7-4-12-24-16-10-8-15(9-11-16)14(2)22/h3,5-6,8-11H,4,7,12H2,1-2H3,(H,21,23). The van der Waals surface area contributed by atoms with Crippen molar-refractivity contribution in [2.75, 3.05) is 11.9 Å². The maximum Gasteiger partial charge on any atom is 0.224 e. The van der Waals surface area contributed by atoms with E-state index in [0.717, 1.165) is 11.3 Å². The third kappa shape index (κ3) is 5.10. The number of ketones is 1. The predicted molar refractivity (Wildman–Crippen MR) is 96.0 cm³/mol. The smallest absolute Gasteiger partial charge is 0.224 e. The second kappa shape index (κ2) is 8.50. The van der Waals surface area contributed by atoms with Crippen LogP contribution in [0.4, 0.5) is 5.69 Å². The lowest BCUT2D eigenvalue weighted by Crippen LogP contribution is -2.13. The molecule has 5 heteroatoms. The van der Waals surface area contributed by atoms with E-state index < -0.39 is 0 Å². The minimum absolute atomic E-state index is 0.0227. The van der Waals surface area contributed by atoms with Crippen LogP contribution in [0.1, 0.15) is 35.7 Å². The second-order valence-electron chi connectivity index (χ2n) is 5.49. The average molecular weight is 346 g/mol. The molecule has 2 aromatic rings. The molecule has 2 aromatic carbocycles. The van der Waals surface area contributed by atoms with Crippen molar-refractivity contribution in [3.63, 3.8) is 0 Å². The van der Waals surface area contributed by atoms with Crippen LogP contribution >= 0.6 is 11.6 Å². The number of ether oxygens (including phenoxy) is 1. The van der Waals surface area contributed by atoms with Gasteiger partial charge in [-0.3, -0.25) is 9.59 Å². The Morgan fingerprint density at radius 1 is 1.12 bits per heavy atom. The Morgan fingerprint density at radius 2 is 1.83 bits per heavy atom. The van der Waals surface area contributed by atoms with Gasteiger partial charge in [0.05, 0.1) is 6.61 Å². The van der Waals surface area contributed by atoms with Gasteiger partial charge >= 0.3 is 0 Å². The maximum atomic E-state index is 12.0. The SMILES string of the molecule is CC(=O)c1ccc(OCCCC(=O)Nc2cccc(Cl)c2C)cc1. The van der Waals surface area contributed by atoms with Gasteiger partial charge in [-0.1, -0.05) is 17.7 Å². The van der Waals surface area contributed by atoms with Gasteiger partial charge in [0, 0.05) is 22.7 Å². The number of nitrogens with one attached hydrogen (secondary N) is 1. The van der Waals surface area contributed by atoms with Crippen LogP contribution in [-0.4, -0.2) is 18.3 Å². The van der Waals surface area contributed by atoms with E-state index in [2.05, 4.69) is 5.32 Å². The van der Waals surface area contributed by atoms with E-state index in [1.165, 1.54) is 6.92 Å².